The number of benzene rings is 2. The summed E-state index contributed by atoms with van der Waals surface area (Å²) in [7, 11) is 0. The van der Waals surface area contributed by atoms with E-state index in [0.717, 1.165) is 31.5 Å². The number of carbonyl (C=O) groups is 2. The summed E-state index contributed by atoms with van der Waals surface area (Å²) in [5.41, 5.74) is 2.12. The average Bonchev–Trinajstić information content (AvgIpc) is 3.27. The molecule has 2 aromatic carbocycles. The number of fused-ring (bicyclic) bond motifs is 1. The van der Waals surface area contributed by atoms with Crippen LogP contribution in [-0.2, 0) is 11.3 Å². The first-order valence-electron chi connectivity index (χ1n) is 10.1. The van der Waals surface area contributed by atoms with Gasteiger partial charge in [0, 0.05) is 13.1 Å². The molecule has 0 unspecified atom stereocenters. The summed E-state index contributed by atoms with van der Waals surface area (Å²) in [4.78, 5) is 44.9. The smallest absolute Gasteiger partial charge is 0.261 e. The number of nitrogens with one attached hydrogen (secondary N) is 1. The van der Waals surface area contributed by atoms with Crippen molar-refractivity contribution in [2.75, 3.05) is 18.4 Å². The molecule has 30 heavy (non-hydrogen) atoms. The van der Waals surface area contributed by atoms with Gasteiger partial charge in [-0.15, -0.1) is 0 Å². The zero-order chi connectivity index (χ0) is 21.3. The Bertz CT molecular complexity index is 1190. The molecule has 1 aliphatic rings. The van der Waals surface area contributed by atoms with Crippen molar-refractivity contribution in [1.82, 2.24) is 14.5 Å². The number of aromatic nitrogens is 2. The van der Waals surface area contributed by atoms with Crippen LogP contribution in [-0.4, -0.2) is 39.4 Å². The van der Waals surface area contributed by atoms with Crippen molar-refractivity contribution in [3.05, 3.63) is 69.8 Å². The SMILES string of the molecule is Cc1cccc(C(=O)N2CCCC2)c1NC(=O)Cn1c(C)nc2ccccc2c1=O. The maximum Gasteiger partial charge on any atom is 0.261 e. The van der Waals surface area contributed by atoms with Gasteiger partial charge in [-0.05, 0) is 50.5 Å². The molecule has 7 nitrogen and oxygen atoms in total. The van der Waals surface area contributed by atoms with E-state index < -0.39 is 0 Å². The molecule has 3 aromatic rings. The van der Waals surface area contributed by atoms with Gasteiger partial charge in [-0.1, -0.05) is 24.3 Å². The van der Waals surface area contributed by atoms with Gasteiger partial charge in [-0.3, -0.25) is 19.0 Å². The number of para-hydroxylation sites is 2. The highest BCUT2D eigenvalue weighted by Gasteiger charge is 2.23. The normalized spacial score (nSPS) is 13.6. The first-order chi connectivity index (χ1) is 14.5. The third-order valence-corrected chi connectivity index (χ3v) is 5.52. The highest BCUT2D eigenvalue weighted by Crippen LogP contribution is 2.24. The van der Waals surface area contributed by atoms with Crippen LogP contribution in [0.25, 0.3) is 10.9 Å². The largest absolute Gasteiger partial charge is 0.339 e. The topological polar surface area (TPSA) is 84.3 Å². The summed E-state index contributed by atoms with van der Waals surface area (Å²) in [6.07, 6.45) is 1.99. The Morgan fingerprint density at radius 1 is 1.03 bits per heavy atom. The third kappa shape index (κ3) is 3.70. The summed E-state index contributed by atoms with van der Waals surface area (Å²) < 4.78 is 1.36. The fourth-order valence-electron chi connectivity index (χ4n) is 3.89. The van der Waals surface area contributed by atoms with Gasteiger partial charge in [-0.2, -0.15) is 0 Å². The lowest BCUT2D eigenvalue weighted by Gasteiger charge is -2.19. The second kappa shape index (κ2) is 8.10. The molecule has 0 bridgehead atoms. The molecule has 0 saturated carbocycles. The van der Waals surface area contributed by atoms with Crippen LogP contribution in [0.3, 0.4) is 0 Å². The van der Waals surface area contributed by atoms with Gasteiger partial charge >= 0.3 is 0 Å². The lowest BCUT2D eigenvalue weighted by molar-refractivity contribution is -0.116. The van der Waals surface area contributed by atoms with Crippen molar-refractivity contribution in [2.24, 2.45) is 0 Å². The third-order valence-electron chi connectivity index (χ3n) is 5.52. The number of hydrogen-bond donors (Lipinski definition) is 1. The summed E-state index contributed by atoms with van der Waals surface area (Å²) in [6, 6.07) is 12.5. The second-order valence-corrected chi connectivity index (χ2v) is 7.61. The summed E-state index contributed by atoms with van der Waals surface area (Å²) >= 11 is 0. The average molecular weight is 404 g/mol. The van der Waals surface area contributed by atoms with Crippen LogP contribution in [0.15, 0.2) is 47.3 Å². The molecule has 2 amide bonds. The summed E-state index contributed by atoms with van der Waals surface area (Å²) in [5.74, 6) is 0.0151. The summed E-state index contributed by atoms with van der Waals surface area (Å²) in [6.45, 7) is 4.85. The standard InChI is InChI=1S/C23H24N4O3/c1-15-8-7-10-18(22(29)26-12-5-6-13-26)21(15)25-20(28)14-27-16(2)24-19-11-4-3-9-17(19)23(27)30/h3-4,7-11H,5-6,12-14H2,1-2H3,(H,25,28). The Morgan fingerprint density at radius 2 is 1.77 bits per heavy atom. The first kappa shape index (κ1) is 19.8. The van der Waals surface area contributed by atoms with Crippen molar-refractivity contribution in [2.45, 2.75) is 33.2 Å². The van der Waals surface area contributed by atoms with Crippen LogP contribution in [0, 0.1) is 13.8 Å². The highest BCUT2D eigenvalue weighted by atomic mass is 16.2. The quantitative estimate of drug-likeness (QED) is 0.725. The molecule has 0 atom stereocenters. The van der Waals surface area contributed by atoms with E-state index in [1.807, 2.05) is 30.0 Å². The Morgan fingerprint density at radius 3 is 2.53 bits per heavy atom. The van der Waals surface area contributed by atoms with Gasteiger partial charge in [0.05, 0.1) is 22.2 Å². The monoisotopic (exact) mass is 404 g/mol. The van der Waals surface area contributed by atoms with E-state index in [1.54, 1.807) is 31.2 Å². The van der Waals surface area contributed by atoms with E-state index in [9.17, 15) is 14.4 Å². The molecule has 2 heterocycles. The van der Waals surface area contributed by atoms with Gasteiger partial charge in [-0.25, -0.2) is 4.98 Å². The minimum Gasteiger partial charge on any atom is -0.339 e. The minimum absolute atomic E-state index is 0.0766. The van der Waals surface area contributed by atoms with Crippen molar-refractivity contribution in [1.29, 1.82) is 0 Å². The Balaban J connectivity index is 1.62. The predicted molar refractivity (Wildman–Crippen MR) is 116 cm³/mol. The van der Waals surface area contributed by atoms with E-state index in [1.165, 1.54) is 4.57 Å². The van der Waals surface area contributed by atoms with Crippen LogP contribution < -0.4 is 10.9 Å². The maximum atomic E-state index is 12.9. The van der Waals surface area contributed by atoms with Crippen LogP contribution in [0.2, 0.25) is 0 Å². The molecule has 1 aliphatic heterocycles. The maximum absolute atomic E-state index is 12.9. The van der Waals surface area contributed by atoms with Crippen molar-refractivity contribution >= 4 is 28.4 Å². The van der Waals surface area contributed by atoms with E-state index in [-0.39, 0.29) is 23.9 Å². The molecule has 0 radical (unpaired) electrons. The molecule has 1 fully saturated rings. The predicted octanol–water partition coefficient (Wildman–Crippen LogP) is 2.89. The molecule has 154 valence electrons. The zero-order valence-electron chi connectivity index (χ0n) is 17.1. The molecule has 0 aliphatic carbocycles. The van der Waals surface area contributed by atoms with Crippen LogP contribution in [0.4, 0.5) is 5.69 Å². The van der Waals surface area contributed by atoms with Crippen molar-refractivity contribution in [3.8, 4) is 0 Å². The number of aryl methyl sites for hydroxylation is 2. The number of nitrogens with zero attached hydrogens (tertiary/aromatic N) is 3. The molecule has 1 saturated heterocycles. The van der Waals surface area contributed by atoms with E-state index >= 15 is 0 Å². The van der Waals surface area contributed by atoms with E-state index in [4.69, 9.17) is 0 Å². The molecule has 1 N–H and O–H groups in total. The number of likely N-dealkylation sites (tertiary alicyclic amines) is 1. The van der Waals surface area contributed by atoms with Gasteiger partial charge in [0.15, 0.2) is 0 Å². The van der Waals surface area contributed by atoms with Crippen LogP contribution in [0.1, 0.15) is 34.6 Å². The zero-order valence-corrected chi connectivity index (χ0v) is 17.1. The number of carbonyl (C=O) groups excluding carboxylic acids is 2. The fraction of sp³-hybridized carbons (Fsp3) is 0.304. The number of hydrogen-bond acceptors (Lipinski definition) is 4. The molecule has 4 rings (SSSR count). The first-order valence-corrected chi connectivity index (χ1v) is 10.1. The fourth-order valence-corrected chi connectivity index (χ4v) is 3.89. The van der Waals surface area contributed by atoms with Crippen LogP contribution >= 0.6 is 0 Å². The molecule has 0 spiro atoms. The van der Waals surface area contributed by atoms with Crippen molar-refractivity contribution in [3.63, 3.8) is 0 Å². The van der Waals surface area contributed by atoms with E-state index in [0.29, 0.717) is 28.0 Å². The van der Waals surface area contributed by atoms with Gasteiger partial charge in [0.1, 0.15) is 12.4 Å². The van der Waals surface area contributed by atoms with Gasteiger partial charge < -0.3 is 10.2 Å². The Labute approximate surface area is 174 Å². The number of anilines is 1. The van der Waals surface area contributed by atoms with Gasteiger partial charge in [0.25, 0.3) is 11.5 Å². The second-order valence-electron chi connectivity index (χ2n) is 7.61. The molecular formula is C23H24N4O3. The summed E-state index contributed by atoms with van der Waals surface area (Å²) in [5, 5.41) is 3.33. The number of rotatable bonds is 4. The Hall–Kier alpha value is -3.48. The van der Waals surface area contributed by atoms with Crippen molar-refractivity contribution < 1.29 is 9.59 Å². The van der Waals surface area contributed by atoms with Gasteiger partial charge in [0.2, 0.25) is 5.91 Å². The minimum atomic E-state index is -0.373. The number of amides is 2. The molecule has 7 heteroatoms. The Kier molecular flexibility index (Phi) is 5.35. The van der Waals surface area contributed by atoms with E-state index in [2.05, 4.69) is 10.3 Å². The lowest BCUT2D eigenvalue weighted by atomic mass is 10.1. The molecular weight excluding hydrogens is 380 g/mol. The lowest BCUT2D eigenvalue weighted by Crippen LogP contribution is -2.32. The highest BCUT2D eigenvalue weighted by molar-refractivity contribution is 6.04. The molecule has 1 aromatic heterocycles. The van der Waals surface area contributed by atoms with Crippen LogP contribution in [0.5, 0.6) is 0 Å².